The second kappa shape index (κ2) is 5.23. The Balaban J connectivity index is 3.37. The fourth-order valence-electron chi connectivity index (χ4n) is 0.661. The largest absolute Gasteiger partial charge is 0.469 e. The van der Waals surface area contributed by atoms with E-state index in [4.69, 9.17) is 4.74 Å². The van der Waals surface area contributed by atoms with Gasteiger partial charge in [-0.15, -0.1) is 0 Å². The lowest BCUT2D eigenvalue weighted by atomic mass is 10.3. The van der Waals surface area contributed by atoms with E-state index >= 15 is 0 Å². The van der Waals surface area contributed by atoms with Crippen LogP contribution in [-0.4, -0.2) is 25.8 Å². The van der Waals surface area contributed by atoms with E-state index < -0.39 is 0 Å². The molecule has 0 aromatic carbocycles. The number of rotatable bonds is 4. The standard InChI is InChI=1S/C7H14O3/c1-4-10-6(2)5-7(8)9-3/h6H,4-5H2,1-3H3. The predicted octanol–water partition coefficient (Wildman–Crippen LogP) is 0.975. The summed E-state index contributed by atoms with van der Waals surface area (Å²) in [6.45, 7) is 4.38. The molecule has 0 aliphatic carbocycles. The van der Waals surface area contributed by atoms with E-state index in [-0.39, 0.29) is 12.1 Å². The molecule has 0 saturated carbocycles. The van der Waals surface area contributed by atoms with Crippen LogP contribution in [0, 0.1) is 0 Å². The van der Waals surface area contributed by atoms with E-state index in [0.717, 1.165) is 0 Å². The quantitative estimate of drug-likeness (QED) is 0.554. The van der Waals surface area contributed by atoms with Gasteiger partial charge in [-0.1, -0.05) is 0 Å². The van der Waals surface area contributed by atoms with E-state index in [1.807, 2.05) is 13.8 Å². The normalized spacial score (nSPS) is 12.7. The second-order valence-corrected chi connectivity index (χ2v) is 2.05. The summed E-state index contributed by atoms with van der Waals surface area (Å²) in [7, 11) is 1.38. The Morgan fingerprint density at radius 3 is 2.60 bits per heavy atom. The maximum atomic E-state index is 10.6. The molecule has 0 N–H and O–H groups in total. The number of methoxy groups -OCH3 is 1. The lowest BCUT2D eigenvalue weighted by molar-refractivity contribution is -0.143. The molecule has 0 rings (SSSR count). The Kier molecular flexibility index (Phi) is 4.94. The maximum absolute atomic E-state index is 10.6. The Morgan fingerprint density at radius 2 is 2.20 bits per heavy atom. The zero-order chi connectivity index (χ0) is 7.98. The molecule has 0 saturated heterocycles. The molecule has 10 heavy (non-hydrogen) atoms. The van der Waals surface area contributed by atoms with Gasteiger partial charge in [-0.2, -0.15) is 0 Å². The lowest BCUT2D eigenvalue weighted by Gasteiger charge is -2.08. The third kappa shape index (κ3) is 4.32. The van der Waals surface area contributed by atoms with Crippen molar-refractivity contribution in [1.29, 1.82) is 0 Å². The summed E-state index contributed by atoms with van der Waals surface area (Å²) in [6.07, 6.45) is 0.307. The van der Waals surface area contributed by atoms with Crippen LogP contribution in [0.1, 0.15) is 20.3 Å². The third-order valence-corrected chi connectivity index (χ3v) is 1.13. The van der Waals surface area contributed by atoms with E-state index in [1.165, 1.54) is 7.11 Å². The molecule has 1 atom stereocenters. The van der Waals surface area contributed by atoms with Gasteiger partial charge in [0.2, 0.25) is 0 Å². The highest BCUT2D eigenvalue weighted by Gasteiger charge is 2.07. The van der Waals surface area contributed by atoms with Gasteiger partial charge in [0.25, 0.3) is 0 Å². The second-order valence-electron chi connectivity index (χ2n) is 2.05. The number of hydrogen-bond acceptors (Lipinski definition) is 3. The van der Waals surface area contributed by atoms with E-state index in [2.05, 4.69) is 4.74 Å². The molecule has 0 radical (unpaired) electrons. The zero-order valence-electron chi connectivity index (χ0n) is 6.72. The summed E-state index contributed by atoms with van der Waals surface area (Å²) < 4.78 is 9.56. The molecule has 3 nitrogen and oxygen atoms in total. The fraction of sp³-hybridized carbons (Fsp3) is 0.857. The van der Waals surface area contributed by atoms with Crippen LogP contribution < -0.4 is 0 Å². The minimum absolute atomic E-state index is 0.0301. The Labute approximate surface area is 61.3 Å². The molecular weight excluding hydrogens is 132 g/mol. The SMILES string of the molecule is CCOC(C)CC(=O)OC. The average Bonchev–Trinajstić information content (AvgIpc) is 1.88. The van der Waals surface area contributed by atoms with Crippen LogP contribution >= 0.6 is 0 Å². The molecule has 0 heterocycles. The van der Waals surface area contributed by atoms with Crippen molar-refractivity contribution < 1.29 is 14.3 Å². The van der Waals surface area contributed by atoms with Crippen molar-refractivity contribution in [3.63, 3.8) is 0 Å². The van der Waals surface area contributed by atoms with Crippen molar-refractivity contribution in [2.75, 3.05) is 13.7 Å². The third-order valence-electron chi connectivity index (χ3n) is 1.13. The van der Waals surface area contributed by atoms with Crippen LogP contribution in [-0.2, 0) is 14.3 Å². The van der Waals surface area contributed by atoms with Crippen LogP contribution in [0.4, 0.5) is 0 Å². The molecule has 0 aromatic heterocycles. The molecule has 0 aromatic rings. The summed E-state index contributed by atoms with van der Waals surface area (Å²) in [6, 6.07) is 0. The topological polar surface area (TPSA) is 35.5 Å². The number of carbonyl (C=O) groups excluding carboxylic acids is 1. The zero-order valence-corrected chi connectivity index (χ0v) is 6.72. The smallest absolute Gasteiger partial charge is 0.308 e. The number of esters is 1. The number of hydrogen-bond donors (Lipinski definition) is 0. The molecule has 0 spiro atoms. The molecular formula is C7H14O3. The monoisotopic (exact) mass is 146 g/mol. The van der Waals surface area contributed by atoms with Crippen LogP contribution in [0.2, 0.25) is 0 Å². The van der Waals surface area contributed by atoms with Gasteiger partial charge in [0, 0.05) is 6.61 Å². The molecule has 0 amide bonds. The number of carbonyl (C=O) groups is 1. The van der Waals surface area contributed by atoms with Crippen LogP contribution in [0.25, 0.3) is 0 Å². The number of ether oxygens (including phenoxy) is 2. The van der Waals surface area contributed by atoms with Crippen molar-refractivity contribution >= 4 is 5.97 Å². The van der Waals surface area contributed by atoms with Crippen LogP contribution in [0.15, 0.2) is 0 Å². The predicted molar refractivity (Wildman–Crippen MR) is 37.7 cm³/mol. The van der Waals surface area contributed by atoms with Gasteiger partial charge in [0.05, 0.1) is 19.6 Å². The van der Waals surface area contributed by atoms with E-state index in [9.17, 15) is 4.79 Å². The average molecular weight is 146 g/mol. The molecule has 0 bridgehead atoms. The lowest BCUT2D eigenvalue weighted by Crippen LogP contribution is -2.14. The Bertz CT molecular complexity index is 101. The fourth-order valence-corrected chi connectivity index (χ4v) is 0.661. The van der Waals surface area contributed by atoms with Gasteiger partial charge in [-0.3, -0.25) is 4.79 Å². The first-order valence-corrected chi connectivity index (χ1v) is 3.39. The molecule has 0 fully saturated rings. The summed E-state index contributed by atoms with van der Waals surface area (Å²) in [5.74, 6) is -0.221. The van der Waals surface area contributed by atoms with Crippen molar-refractivity contribution in [3.8, 4) is 0 Å². The van der Waals surface area contributed by atoms with Gasteiger partial charge >= 0.3 is 5.97 Å². The van der Waals surface area contributed by atoms with E-state index in [0.29, 0.717) is 13.0 Å². The van der Waals surface area contributed by atoms with Gasteiger partial charge in [-0.25, -0.2) is 0 Å². The first kappa shape index (κ1) is 9.43. The minimum atomic E-state index is -0.221. The molecule has 3 heteroatoms. The van der Waals surface area contributed by atoms with Gasteiger partial charge in [0.15, 0.2) is 0 Å². The van der Waals surface area contributed by atoms with Gasteiger partial charge < -0.3 is 9.47 Å². The van der Waals surface area contributed by atoms with Crippen molar-refractivity contribution in [3.05, 3.63) is 0 Å². The van der Waals surface area contributed by atoms with Crippen molar-refractivity contribution in [1.82, 2.24) is 0 Å². The summed E-state index contributed by atoms with van der Waals surface area (Å²) in [5, 5.41) is 0. The highest BCUT2D eigenvalue weighted by atomic mass is 16.5. The van der Waals surface area contributed by atoms with Crippen molar-refractivity contribution in [2.45, 2.75) is 26.4 Å². The minimum Gasteiger partial charge on any atom is -0.469 e. The highest BCUT2D eigenvalue weighted by Crippen LogP contribution is 1.97. The molecule has 1 unspecified atom stereocenters. The summed E-state index contributed by atoms with van der Waals surface area (Å²) >= 11 is 0. The van der Waals surface area contributed by atoms with Crippen LogP contribution in [0.3, 0.4) is 0 Å². The van der Waals surface area contributed by atoms with Crippen molar-refractivity contribution in [2.24, 2.45) is 0 Å². The maximum Gasteiger partial charge on any atom is 0.308 e. The molecule has 0 aliphatic rings. The molecule has 60 valence electrons. The van der Waals surface area contributed by atoms with Crippen LogP contribution in [0.5, 0.6) is 0 Å². The first-order chi connectivity index (χ1) is 4.70. The van der Waals surface area contributed by atoms with E-state index in [1.54, 1.807) is 0 Å². The summed E-state index contributed by atoms with van der Waals surface area (Å²) in [5.41, 5.74) is 0. The Morgan fingerprint density at radius 1 is 1.60 bits per heavy atom. The molecule has 0 aliphatic heterocycles. The first-order valence-electron chi connectivity index (χ1n) is 3.39. The Hall–Kier alpha value is -0.570. The highest BCUT2D eigenvalue weighted by molar-refractivity contribution is 5.69. The van der Waals surface area contributed by atoms with Gasteiger partial charge in [0.1, 0.15) is 0 Å². The van der Waals surface area contributed by atoms with Gasteiger partial charge in [-0.05, 0) is 13.8 Å². The summed E-state index contributed by atoms with van der Waals surface area (Å²) in [4.78, 5) is 10.6.